The summed E-state index contributed by atoms with van der Waals surface area (Å²) in [7, 11) is 0. The lowest BCUT2D eigenvalue weighted by molar-refractivity contribution is 0.103. The number of hydrogen-bond acceptors (Lipinski definition) is 1. The Kier molecular flexibility index (Phi) is 4.65. The molecule has 2 aromatic carbocycles. The first-order valence-electron chi connectivity index (χ1n) is 6.31. The maximum Gasteiger partial charge on any atom is 0.194 e. The van der Waals surface area contributed by atoms with Crippen molar-refractivity contribution in [1.29, 1.82) is 0 Å². The van der Waals surface area contributed by atoms with E-state index >= 15 is 0 Å². The standard InChI is InChI=1S/C16H13BrF2O/c1-2-3-11-8-14(17)13(9-15(11)19)16(20)10-4-6-12(18)7-5-10/h4-9H,2-3H2,1H3. The number of halogens is 3. The maximum absolute atomic E-state index is 13.9. The summed E-state index contributed by atoms with van der Waals surface area (Å²) in [6, 6.07) is 8.08. The molecule has 1 nitrogen and oxygen atoms in total. The van der Waals surface area contributed by atoms with Gasteiger partial charge >= 0.3 is 0 Å². The first-order chi connectivity index (χ1) is 9.52. The third-order valence-corrected chi connectivity index (χ3v) is 3.66. The molecule has 0 N–H and O–H groups in total. The van der Waals surface area contributed by atoms with Crippen molar-refractivity contribution in [2.24, 2.45) is 0 Å². The van der Waals surface area contributed by atoms with Crippen LogP contribution in [0.5, 0.6) is 0 Å². The Morgan fingerprint density at radius 3 is 2.40 bits per heavy atom. The number of aryl methyl sites for hydroxylation is 1. The number of rotatable bonds is 4. The van der Waals surface area contributed by atoms with E-state index in [9.17, 15) is 13.6 Å². The second kappa shape index (κ2) is 6.27. The smallest absolute Gasteiger partial charge is 0.194 e. The predicted molar refractivity (Wildman–Crippen MR) is 77.9 cm³/mol. The van der Waals surface area contributed by atoms with Gasteiger partial charge in [0.05, 0.1) is 0 Å². The zero-order chi connectivity index (χ0) is 14.7. The average Bonchev–Trinajstić information content (AvgIpc) is 2.43. The van der Waals surface area contributed by atoms with Crippen LogP contribution in [-0.4, -0.2) is 5.78 Å². The molecular weight excluding hydrogens is 326 g/mol. The third-order valence-electron chi connectivity index (χ3n) is 3.01. The van der Waals surface area contributed by atoms with Gasteiger partial charge in [0, 0.05) is 15.6 Å². The largest absolute Gasteiger partial charge is 0.289 e. The maximum atomic E-state index is 13.9. The molecule has 0 amide bonds. The fourth-order valence-electron chi connectivity index (χ4n) is 1.98. The fourth-order valence-corrected chi connectivity index (χ4v) is 2.55. The van der Waals surface area contributed by atoms with Gasteiger partial charge in [-0.25, -0.2) is 8.78 Å². The molecule has 0 saturated carbocycles. The molecule has 20 heavy (non-hydrogen) atoms. The van der Waals surface area contributed by atoms with Crippen molar-refractivity contribution in [2.75, 3.05) is 0 Å². The molecule has 0 spiro atoms. The molecule has 2 aromatic rings. The Balaban J connectivity index is 2.40. The van der Waals surface area contributed by atoms with Gasteiger partial charge in [0.25, 0.3) is 0 Å². The Labute approximate surface area is 124 Å². The molecular formula is C16H13BrF2O. The van der Waals surface area contributed by atoms with Gasteiger partial charge in [-0.3, -0.25) is 4.79 Å². The minimum atomic E-state index is -0.412. The molecule has 0 bridgehead atoms. The third kappa shape index (κ3) is 3.12. The van der Waals surface area contributed by atoms with Crippen molar-refractivity contribution in [3.8, 4) is 0 Å². The van der Waals surface area contributed by atoms with Crippen LogP contribution >= 0.6 is 15.9 Å². The zero-order valence-electron chi connectivity index (χ0n) is 10.9. The Morgan fingerprint density at radius 1 is 1.15 bits per heavy atom. The van der Waals surface area contributed by atoms with Crippen LogP contribution in [0.1, 0.15) is 34.8 Å². The van der Waals surface area contributed by atoms with Crippen LogP contribution in [0.2, 0.25) is 0 Å². The van der Waals surface area contributed by atoms with Gasteiger partial charge in [0.15, 0.2) is 5.78 Å². The van der Waals surface area contributed by atoms with Crippen LogP contribution in [0.4, 0.5) is 8.78 Å². The minimum Gasteiger partial charge on any atom is -0.289 e. The zero-order valence-corrected chi connectivity index (χ0v) is 12.5. The van der Waals surface area contributed by atoms with E-state index in [-0.39, 0.29) is 17.2 Å². The van der Waals surface area contributed by atoms with Crippen LogP contribution < -0.4 is 0 Å². The first kappa shape index (κ1) is 14.9. The Bertz CT molecular complexity index is 636. The molecule has 0 atom stereocenters. The van der Waals surface area contributed by atoms with Crippen molar-refractivity contribution in [1.82, 2.24) is 0 Å². The lowest BCUT2D eigenvalue weighted by atomic mass is 10.0. The predicted octanol–water partition coefficient (Wildman–Crippen LogP) is 4.91. The highest BCUT2D eigenvalue weighted by atomic mass is 79.9. The van der Waals surface area contributed by atoms with Gasteiger partial charge in [-0.15, -0.1) is 0 Å². The monoisotopic (exact) mass is 338 g/mol. The summed E-state index contributed by atoms with van der Waals surface area (Å²) in [5, 5.41) is 0. The van der Waals surface area contributed by atoms with Crippen LogP contribution in [0.3, 0.4) is 0 Å². The van der Waals surface area contributed by atoms with Gasteiger partial charge in [-0.05, 0) is 48.4 Å². The topological polar surface area (TPSA) is 17.1 Å². The van der Waals surface area contributed by atoms with Crippen LogP contribution in [0.25, 0.3) is 0 Å². The van der Waals surface area contributed by atoms with Crippen molar-refractivity contribution in [2.45, 2.75) is 19.8 Å². The van der Waals surface area contributed by atoms with Gasteiger partial charge in [0.1, 0.15) is 11.6 Å². The normalized spacial score (nSPS) is 10.6. The highest BCUT2D eigenvalue weighted by Gasteiger charge is 2.16. The highest BCUT2D eigenvalue weighted by molar-refractivity contribution is 9.10. The highest BCUT2D eigenvalue weighted by Crippen LogP contribution is 2.25. The van der Waals surface area contributed by atoms with Crippen molar-refractivity contribution in [3.05, 3.63) is 69.2 Å². The van der Waals surface area contributed by atoms with E-state index in [0.29, 0.717) is 22.0 Å². The van der Waals surface area contributed by atoms with Crippen molar-refractivity contribution in [3.63, 3.8) is 0 Å². The lowest BCUT2D eigenvalue weighted by Crippen LogP contribution is -2.05. The van der Waals surface area contributed by atoms with Gasteiger partial charge in [-0.2, -0.15) is 0 Å². The van der Waals surface area contributed by atoms with E-state index < -0.39 is 5.82 Å². The van der Waals surface area contributed by atoms with Crippen LogP contribution in [-0.2, 0) is 6.42 Å². The number of benzene rings is 2. The fraction of sp³-hybridized carbons (Fsp3) is 0.188. The number of carbonyl (C=O) groups is 1. The molecule has 0 aromatic heterocycles. The SMILES string of the molecule is CCCc1cc(Br)c(C(=O)c2ccc(F)cc2)cc1F. The van der Waals surface area contributed by atoms with E-state index in [4.69, 9.17) is 0 Å². The van der Waals surface area contributed by atoms with Crippen molar-refractivity contribution >= 4 is 21.7 Å². The first-order valence-corrected chi connectivity index (χ1v) is 7.10. The summed E-state index contributed by atoms with van der Waals surface area (Å²) in [4.78, 5) is 12.3. The molecule has 0 aliphatic rings. The van der Waals surface area contributed by atoms with Crippen LogP contribution in [0.15, 0.2) is 40.9 Å². The summed E-state index contributed by atoms with van der Waals surface area (Å²) in [6.07, 6.45) is 1.45. The summed E-state index contributed by atoms with van der Waals surface area (Å²) in [5.41, 5.74) is 1.15. The van der Waals surface area contributed by atoms with Crippen molar-refractivity contribution < 1.29 is 13.6 Å². The molecule has 0 fully saturated rings. The quantitative estimate of drug-likeness (QED) is 0.724. The summed E-state index contributed by atoms with van der Waals surface area (Å²) < 4.78 is 27.3. The summed E-state index contributed by atoms with van der Waals surface area (Å²) in [5.74, 6) is -1.13. The van der Waals surface area contributed by atoms with Gasteiger partial charge < -0.3 is 0 Å². The van der Waals surface area contributed by atoms with E-state index in [1.807, 2.05) is 6.92 Å². The molecule has 2 rings (SSSR count). The Morgan fingerprint density at radius 2 is 1.80 bits per heavy atom. The molecule has 0 aliphatic carbocycles. The lowest BCUT2D eigenvalue weighted by Gasteiger charge is -2.08. The minimum absolute atomic E-state index is 0.244. The molecule has 4 heteroatoms. The van der Waals surface area contributed by atoms with E-state index in [1.54, 1.807) is 6.07 Å². The Hall–Kier alpha value is -1.55. The van der Waals surface area contributed by atoms with Gasteiger partial charge in [0.2, 0.25) is 0 Å². The van der Waals surface area contributed by atoms with Gasteiger partial charge in [-0.1, -0.05) is 29.3 Å². The molecule has 0 heterocycles. The van der Waals surface area contributed by atoms with E-state index in [1.165, 1.54) is 30.3 Å². The summed E-state index contributed by atoms with van der Waals surface area (Å²) in [6.45, 7) is 1.96. The number of ketones is 1. The molecule has 104 valence electrons. The molecule has 0 unspecified atom stereocenters. The molecule has 0 saturated heterocycles. The van der Waals surface area contributed by atoms with Crippen LogP contribution in [0, 0.1) is 11.6 Å². The number of carbonyl (C=O) groups excluding carboxylic acids is 1. The molecule has 0 radical (unpaired) electrons. The van der Waals surface area contributed by atoms with E-state index in [2.05, 4.69) is 15.9 Å². The number of hydrogen-bond donors (Lipinski definition) is 0. The summed E-state index contributed by atoms with van der Waals surface area (Å²) >= 11 is 3.30. The second-order valence-corrected chi connectivity index (χ2v) is 5.36. The molecule has 0 aliphatic heterocycles. The second-order valence-electron chi connectivity index (χ2n) is 4.51. The average molecular weight is 339 g/mol. The van der Waals surface area contributed by atoms with E-state index in [0.717, 1.165) is 6.42 Å².